The van der Waals surface area contributed by atoms with E-state index in [9.17, 15) is 14.4 Å². The van der Waals surface area contributed by atoms with Crippen molar-refractivity contribution in [2.24, 2.45) is 5.92 Å². The molecule has 8 heteroatoms. The van der Waals surface area contributed by atoms with Crippen molar-refractivity contribution in [2.75, 3.05) is 18.5 Å². The SMILES string of the molecule is CCOC(=O)c1cnn(-c2ccc(C(=O)Nc3ccccc3C(=O)NCC(C)C)cc2)c1C. The summed E-state index contributed by atoms with van der Waals surface area (Å²) in [7, 11) is 0. The van der Waals surface area contributed by atoms with Gasteiger partial charge >= 0.3 is 5.97 Å². The molecule has 0 aliphatic carbocycles. The Labute approximate surface area is 193 Å². The van der Waals surface area contributed by atoms with Gasteiger partial charge in [-0.05, 0) is 56.2 Å². The van der Waals surface area contributed by atoms with Crippen LogP contribution in [-0.2, 0) is 4.74 Å². The number of carbonyl (C=O) groups is 3. The van der Waals surface area contributed by atoms with Gasteiger partial charge in [0.25, 0.3) is 11.8 Å². The molecular formula is C25H28N4O4. The van der Waals surface area contributed by atoms with Crippen molar-refractivity contribution < 1.29 is 19.1 Å². The van der Waals surface area contributed by atoms with Crippen LogP contribution < -0.4 is 10.6 Å². The zero-order chi connectivity index (χ0) is 24.0. The highest BCUT2D eigenvalue weighted by Crippen LogP contribution is 2.19. The second-order valence-electron chi connectivity index (χ2n) is 7.93. The fraction of sp³-hybridized carbons (Fsp3) is 0.280. The summed E-state index contributed by atoms with van der Waals surface area (Å²) in [6.45, 7) is 8.39. The highest BCUT2D eigenvalue weighted by molar-refractivity contribution is 6.09. The van der Waals surface area contributed by atoms with Crippen molar-refractivity contribution >= 4 is 23.5 Å². The summed E-state index contributed by atoms with van der Waals surface area (Å²) >= 11 is 0. The number of rotatable bonds is 8. The van der Waals surface area contributed by atoms with Crippen LogP contribution in [0.4, 0.5) is 5.69 Å². The zero-order valence-electron chi connectivity index (χ0n) is 19.2. The lowest BCUT2D eigenvalue weighted by Crippen LogP contribution is -2.28. The highest BCUT2D eigenvalue weighted by atomic mass is 16.5. The average molecular weight is 449 g/mol. The monoisotopic (exact) mass is 448 g/mol. The molecule has 0 bridgehead atoms. The molecule has 0 aliphatic rings. The number of benzene rings is 2. The number of nitrogens with zero attached hydrogens (tertiary/aromatic N) is 2. The van der Waals surface area contributed by atoms with Crippen LogP contribution >= 0.6 is 0 Å². The second kappa shape index (κ2) is 10.6. The number of anilines is 1. The van der Waals surface area contributed by atoms with Crippen LogP contribution in [0.25, 0.3) is 5.69 Å². The van der Waals surface area contributed by atoms with Crippen molar-refractivity contribution in [2.45, 2.75) is 27.7 Å². The van der Waals surface area contributed by atoms with Crippen LogP contribution in [0, 0.1) is 12.8 Å². The number of carbonyl (C=O) groups excluding carboxylic acids is 3. The minimum Gasteiger partial charge on any atom is -0.462 e. The Kier molecular flexibility index (Phi) is 7.61. The van der Waals surface area contributed by atoms with Crippen LogP contribution in [0.15, 0.2) is 54.7 Å². The number of para-hydroxylation sites is 1. The van der Waals surface area contributed by atoms with Crippen LogP contribution in [0.2, 0.25) is 0 Å². The molecule has 2 amide bonds. The van der Waals surface area contributed by atoms with Gasteiger partial charge in [-0.15, -0.1) is 0 Å². The molecule has 0 atom stereocenters. The van der Waals surface area contributed by atoms with E-state index in [4.69, 9.17) is 4.74 Å². The van der Waals surface area contributed by atoms with Crippen LogP contribution in [0.1, 0.15) is 57.5 Å². The molecule has 3 aromatic rings. The van der Waals surface area contributed by atoms with E-state index in [1.165, 1.54) is 6.20 Å². The minimum absolute atomic E-state index is 0.235. The Morgan fingerprint density at radius 1 is 1.00 bits per heavy atom. The van der Waals surface area contributed by atoms with E-state index in [0.29, 0.717) is 46.2 Å². The normalized spacial score (nSPS) is 10.7. The van der Waals surface area contributed by atoms with Gasteiger partial charge in [0.05, 0.1) is 35.4 Å². The third kappa shape index (κ3) is 5.65. The molecular weight excluding hydrogens is 420 g/mol. The summed E-state index contributed by atoms with van der Waals surface area (Å²) in [5.74, 6) is -0.675. The van der Waals surface area contributed by atoms with E-state index in [2.05, 4.69) is 15.7 Å². The molecule has 1 aromatic heterocycles. The van der Waals surface area contributed by atoms with E-state index < -0.39 is 5.97 Å². The van der Waals surface area contributed by atoms with Gasteiger partial charge in [-0.25, -0.2) is 9.48 Å². The first kappa shape index (κ1) is 23.7. The number of ether oxygens (including phenoxy) is 1. The fourth-order valence-electron chi connectivity index (χ4n) is 3.21. The van der Waals surface area contributed by atoms with E-state index in [-0.39, 0.29) is 18.4 Å². The van der Waals surface area contributed by atoms with Crippen molar-refractivity contribution in [1.82, 2.24) is 15.1 Å². The zero-order valence-corrected chi connectivity index (χ0v) is 19.2. The molecule has 0 fully saturated rings. The minimum atomic E-state index is -0.423. The quantitative estimate of drug-likeness (QED) is 0.507. The Morgan fingerprint density at radius 2 is 1.70 bits per heavy atom. The Balaban J connectivity index is 1.75. The fourth-order valence-corrected chi connectivity index (χ4v) is 3.21. The summed E-state index contributed by atoms with van der Waals surface area (Å²) in [6.07, 6.45) is 1.47. The Bertz CT molecular complexity index is 1150. The first-order chi connectivity index (χ1) is 15.8. The molecule has 0 spiro atoms. The molecule has 0 aliphatic heterocycles. The van der Waals surface area contributed by atoms with Crippen molar-refractivity contribution in [1.29, 1.82) is 0 Å². The molecule has 33 heavy (non-hydrogen) atoms. The van der Waals surface area contributed by atoms with Crippen molar-refractivity contribution in [3.05, 3.63) is 77.1 Å². The lowest BCUT2D eigenvalue weighted by Gasteiger charge is -2.13. The molecule has 2 aromatic carbocycles. The van der Waals surface area contributed by atoms with Crippen LogP contribution in [-0.4, -0.2) is 40.7 Å². The second-order valence-corrected chi connectivity index (χ2v) is 7.93. The third-order valence-electron chi connectivity index (χ3n) is 4.97. The topological polar surface area (TPSA) is 102 Å². The van der Waals surface area contributed by atoms with Gasteiger partial charge < -0.3 is 15.4 Å². The molecule has 0 unspecified atom stereocenters. The maximum absolute atomic E-state index is 12.8. The number of hydrogen-bond donors (Lipinski definition) is 2. The maximum atomic E-state index is 12.8. The van der Waals surface area contributed by atoms with Gasteiger partial charge in [-0.2, -0.15) is 5.10 Å². The number of esters is 1. The largest absolute Gasteiger partial charge is 0.462 e. The van der Waals surface area contributed by atoms with Crippen molar-refractivity contribution in [3.8, 4) is 5.69 Å². The first-order valence-electron chi connectivity index (χ1n) is 10.8. The highest BCUT2D eigenvalue weighted by Gasteiger charge is 2.17. The number of hydrogen-bond acceptors (Lipinski definition) is 5. The molecule has 8 nitrogen and oxygen atoms in total. The molecule has 1 heterocycles. The molecule has 2 N–H and O–H groups in total. The van der Waals surface area contributed by atoms with Gasteiger partial charge in [-0.3, -0.25) is 9.59 Å². The van der Waals surface area contributed by atoms with E-state index in [1.807, 2.05) is 13.8 Å². The molecule has 3 rings (SSSR count). The maximum Gasteiger partial charge on any atom is 0.341 e. The van der Waals surface area contributed by atoms with Crippen molar-refractivity contribution in [3.63, 3.8) is 0 Å². The predicted molar refractivity (Wildman–Crippen MR) is 126 cm³/mol. The van der Waals surface area contributed by atoms with Gasteiger partial charge in [-0.1, -0.05) is 26.0 Å². The third-order valence-corrected chi connectivity index (χ3v) is 4.97. The van der Waals surface area contributed by atoms with E-state index in [1.54, 1.807) is 67.1 Å². The summed E-state index contributed by atoms with van der Waals surface area (Å²) < 4.78 is 6.66. The molecule has 0 saturated heterocycles. The van der Waals surface area contributed by atoms with E-state index >= 15 is 0 Å². The molecule has 172 valence electrons. The average Bonchev–Trinajstić information content (AvgIpc) is 3.19. The Hall–Kier alpha value is -3.94. The van der Waals surface area contributed by atoms with Crippen LogP contribution in [0.5, 0.6) is 0 Å². The van der Waals surface area contributed by atoms with Gasteiger partial charge in [0.2, 0.25) is 0 Å². The number of nitrogens with one attached hydrogen (secondary N) is 2. The lowest BCUT2D eigenvalue weighted by molar-refractivity contribution is 0.0525. The smallest absolute Gasteiger partial charge is 0.341 e. The lowest BCUT2D eigenvalue weighted by atomic mass is 10.1. The molecule has 0 saturated carbocycles. The Morgan fingerprint density at radius 3 is 2.36 bits per heavy atom. The van der Waals surface area contributed by atoms with Crippen LogP contribution in [0.3, 0.4) is 0 Å². The first-order valence-corrected chi connectivity index (χ1v) is 10.8. The van der Waals surface area contributed by atoms with Gasteiger partial charge in [0, 0.05) is 12.1 Å². The predicted octanol–water partition coefficient (Wildman–Crippen LogP) is 4.00. The number of aromatic nitrogens is 2. The summed E-state index contributed by atoms with van der Waals surface area (Å²) in [4.78, 5) is 37.3. The molecule has 0 radical (unpaired) electrons. The summed E-state index contributed by atoms with van der Waals surface area (Å²) in [6, 6.07) is 13.7. The number of amides is 2. The standard InChI is InChI=1S/C25H28N4O4/c1-5-33-25(32)21-15-27-29(17(21)4)19-12-10-18(11-13-19)23(30)28-22-9-7-6-8-20(22)24(31)26-14-16(2)3/h6-13,15-16H,5,14H2,1-4H3,(H,26,31)(H,28,30). The van der Waals surface area contributed by atoms with Gasteiger partial charge in [0.15, 0.2) is 0 Å². The van der Waals surface area contributed by atoms with Gasteiger partial charge in [0.1, 0.15) is 5.56 Å². The summed E-state index contributed by atoms with van der Waals surface area (Å²) in [5.41, 5.74) is 3.01. The van der Waals surface area contributed by atoms with E-state index in [0.717, 1.165) is 0 Å². The summed E-state index contributed by atoms with van der Waals surface area (Å²) in [5, 5.41) is 9.95.